The molecule has 0 spiro atoms. The van der Waals surface area contributed by atoms with E-state index >= 15 is 0 Å². The van der Waals surface area contributed by atoms with Gasteiger partial charge in [0.25, 0.3) is 0 Å². The van der Waals surface area contributed by atoms with Crippen molar-refractivity contribution in [3.63, 3.8) is 0 Å². The highest BCUT2D eigenvalue weighted by molar-refractivity contribution is 7.09. The molecule has 0 aliphatic carbocycles. The first kappa shape index (κ1) is 12.7. The number of amides is 1. The Morgan fingerprint density at radius 3 is 2.72 bits per heavy atom. The monoisotopic (exact) mass is 261 g/mol. The van der Waals surface area contributed by atoms with Crippen LogP contribution in [0.2, 0.25) is 0 Å². The zero-order valence-electron chi connectivity index (χ0n) is 10.0. The number of nitrogens with one attached hydrogen (secondary N) is 1. The molecule has 0 radical (unpaired) electrons. The third kappa shape index (κ3) is 2.94. The van der Waals surface area contributed by atoms with Crippen LogP contribution in [0, 0.1) is 0 Å². The molecule has 1 aromatic heterocycles. The lowest BCUT2D eigenvalue weighted by Gasteiger charge is -2.16. The van der Waals surface area contributed by atoms with Crippen molar-refractivity contribution in [1.29, 1.82) is 0 Å². The van der Waals surface area contributed by atoms with Crippen LogP contribution in [0.1, 0.15) is 29.6 Å². The number of benzene rings is 1. The topological polar surface area (TPSA) is 68.0 Å². The van der Waals surface area contributed by atoms with Gasteiger partial charge < -0.3 is 11.1 Å². The van der Waals surface area contributed by atoms with Gasteiger partial charge in [-0.15, -0.1) is 11.3 Å². The van der Waals surface area contributed by atoms with Crippen molar-refractivity contribution in [3.8, 4) is 0 Å². The highest BCUT2D eigenvalue weighted by Crippen LogP contribution is 2.16. The molecule has 2 rings (SSSR count). The molecule has 0 fully saturated rings. The number of thiazole rings is 1. The predicted molar refractivity (Wildman–Crippen MR) is 72.0 cm³/mol. The molecule has 1 aromatic carbocycles. The van der Waals surface area contributed by atoms with E-state index in [1.54, 1.807) is 6.20 Å². The van der Waals surface area contributed by atoms with Gasteiger partial charge in [-0.2, -0.15) is 0 Å². The second-order valence-corrected chi connectivity index (χ2v) is 4.92. The Morgan fingerprint density at radius 2 is 2.11 bits per heavy atom. The minimum Gasteiger partial charge on any atom is -0.345 e. The van der Waals surface area contributed by atoms with Crippen LogP contribution in [0.15, 0.2) is 41.9 Å². The second-order valence-electron chi connectivity index (χ2n) is 3.99. The van der Waals surface area contributed by atoms with E-state index in [1.807, 2.05) is 42.6 Å². The molecule has 0 aliphatic heterocycles. The zero-order chi connectivity index (χ0) is 13.0. The van der Waals surface area contributed by atoms with Gasteiger partial charge in [-0.05, 0) is 12.5 Å². The van der Waals surface area contributed by atoms with Gasteiger partial charge >= 0.3 is 0 Å². The molecule has 1 unspecified atom stereocenters. The van der Waals surface area contributed by atoms with Crippen LogP contribution in [-0.2, 0) is 4.79 Å². The summed E-state index contributed by atoms with van der Waals surface area (Å²) in [6, 6.07) is 8.56. The van der Waals surface area contributed by atoms with Gasteiger partial charge in [-0.3, -0.25) is 4.79 Å². The molecule has 0 bridgehead atoms. The summed E-state index contributed by atoms with van der Waals surface area (Å²) < 4.78 is 0. The molecule has 4 nitrogen and oxygen atoms in total. The maximum atomic E-state index is 12.0. The lowest BCUT2D eigenvalue weighted by molar-refractivity contribution is -0.123. The van der Waals surface area contributed by atoms with Gasteiger partial charge in [-0.1, -0.05) is 30.3 Å². The van der Waals surface area contributed by atoms with Crippen LogP contribution < -0.4 is 11.1 Å². The van der Waals surface area contributed by atoms with Crippen molar-refractivity contribution >= 4 is 17.2 Å². The Balaban J connectivity index is 2.00. The third-order valence-corrected chi connectivity index (χ3v) is 3.58. The Hall–Kier alpha value is -1.72. The fourth-order valence-corrected chi connectivity index (χ4v) is 2.27. The summed E-state index contributed by atoms with van der Waals surface area (Å²) in [5.74, 6) is -0.191. The van der Waals surface area contributed by atoms with Crippen LogP contribution in [0.4, 0.5) is 0 Å². The fourth-order valence-electron chi connectivity index (χ4n) is 1.62. The van der Waals surface area contributed by atoms with Gasteiger partial charge in [0, 0.05) is 11.6 Å². The van der Waals surface area contributed by atoms with E-state index in [2.05, 4.69) is 10.3 Å². The van der Waals surface area contributed by atoms with Gasteiger partial charge in [0.2, 0.25) is 5.91 Å². The molecule has 2 aromatic rings. The quantitative estimate of drug-likeness (QED) is 0.884. The lowest BCUT2D eigenvalue weighted by atomic mass is 10.1. The average molecular weight is 261 g/mol. The van der Waals surface area contributed by atoms with Crippen molar-refractivity contribution in [3.05, 3.63) is 52.5 Å². The van der Waals surface area contributed by atoms with E-state index in [-0.39, 0.29) is 11.9 Å². The summed E-state index contributed by atoms with van der Waals surface area (Å²) in [5.41, 5.74) is 6.72. The maximum absolute atomic E-state index is 12.0. The number of hydrogen-bond donors (Lipinski definition) is 2. The van der Waals surface area contributed by atoms with Gasteiger partial charge in [0.1, 0.15) is 11.0 Å². The van der Waals surface area contributed by atoms with Crippen LogP contribution in [0.3, 0.4) is 0 Å². The Labute approximate surface area is 110 Å². The van der Waals surface area contributed by atoms with E-state index in [0.717, 1.165) is 10.6 Å². The summed E-state index contributed by atoms with van der Waals surface area (Å²) in [7, 11) is 0. The zero-order valence-corrected chi connectivity index (χ0v) is 10.9. The van der Waals surface area contributed by atoms with Gasteiger partial charge in [0.15, 0.2) is 0 Å². The largest absolute Gasteiger partial charge is 0.345 e. The number of aromatic nitrogens is 1. The first-order chi connectivity index (χ1) is 8.68. The van der Waals surface area contributed by atoms with Gasteiger partial charge in [0.05, 0.1) is 6.04 Å². The number of carbonyl (C=O) groups is 1. The summed E-state index contributed by atoms with van der Waals surface area (Å²) in [5, 5.41) is 5.63. The van der Waals surface area contributed by atoms with Crippen molar-refractivity contribution in [2.75, 3.05) is 0 Å². The van der Waals surface area contributed by atoms with E-state index < -0.39 is 6.04 Å². The summed E-state index contributed by atoms with van der Waals surface area (Å²) in [6.45, 7) is 1.90. The lowest BCUT2D eigenvalue weighted by Crippen LogP contribution is -2.35. The fraction of sp³-hybridized carbons (Fsp3) is 0.231. The van der Waals surface area contributed by atoms with E-state index in [9.17, 15) is 4.79 Å². The van der Waals surface area contributed by atoms with E-state index in [4.69, 9.17) is 5.73 Å². The molecule has 0 saturated heterocycles. The Bertz CT molecular complexity index is 498. The van der Waals surface area contributed by atoms with Crippen LogP contribution in [-0.4, -0.2) is 10.9 Å². The number of hydrogen-bond acceptors (Lipinski definition) is 4. The molecule has 3 N–H and O–H groups in total. The number of nitrogens with zero attached hydrogens (tertiary/aromatic N) is 1. The minimum atomic E-state index is -0.645. The SMILES string of the molecule is CC(NC(=O)[C@H](N)c1ccccc1)c1nccs1. The molecule has 1 amide bonds. The van der Waals surface area contributed by atoms with Crippen molar-refractivity contribution in [2.24, 2.45) is 5.73 Å². The summed E-state index contributed by atoms with van der Waals surface area (Å²) >= 11 is 1.51. The first-order valence-electron chi connectivity index (χ1n) is 5.69. The van der Waals surface area contributed by atoms with Crippen molar-refractivity contribution in [2.45, 2.75) is 19.0 Å². The number of nitrogens with two attached hydrogens (primary N) is 1. The normalized spacial score (nSPS) is 13.9. The van der Waals surface area contributed by atoms with E-state index in [1.165, 1.54) is 11.3 Å². The summed E-state index contributed by atoms with van der Waals surface area (Å²) in [4.78, 5) is 16.2. The number of carbonyl (C=O) groups excluding carboxylic acids is 1. The van der Waals surface area contributed by atoms with E-state index in [0.29, 0.717) is 0 Å². The highest BCUT2D eigenvalue weighted by Gasteiger charge is 2.18. The minimum absolute atomic E-state index is 0.118. The second kappa shape index (κ2) is 5.75. The maximum Gasteiger partial charge on any atom is 0.242 e. The Morgan fingerprint density at radius 1 is 1.39 bits per heavy atom. The molecule has 5 heteroatoms. The predicted octanol–water partition coefficient (Wildman–Crippen LogP) is 2.02. The van der Waals surface area contributed by atoms with Crippen LogP contribution >= 0.6 is 11.3 Å². The molecule has 0 saturated carbocycles. The Kier molecular flexibility index (Phi) is 4.07. The van der Waals surface area contributed by atoms with Crippen LogP contribution in [0.25, 0.3) is 0 Å². The first-order valence-corrected chi connectivity index (χ1v) is 6.56. The highest BCUT2D eigenvalue weighted by atomic mass is 32.1. The smallest absolute Gasteiger partial charge is 0.242 e. The van der Waals surface area contributed by atoms with Crippen molar-refractivity contribution in [1.82, 2.24) is 10.3 Å². The standard InChI is InChI=1S/C13H15N3OS/c1-9(13-15-7-8-18-13)16-12(17)11(14)10-5-3-2-4-6-10/h2-9,11H,14H2,1H3,(H,16,17)/t9?,11-/m1/s1. The number of rotatable bonds is 4. The molecule has 1 heterocycles. The molecule has 18 heavy (non-hydrogen) atoms. The van der Waals surface area contributed by atoms with Crippen LogP contribution in [0.5, 0.6) is 0 Å². The van der Waals surface area contributed by atoms with Gasteiger partial charge in [-0.25, -0.2) is 4.98 Å². The molecule has 0 aliphatic rings. The summed E-state index contributed by atoms with van der Waals surface area (Å²) in [6.07, 6.45) is 1.72. The molecule has 2 atom stereocenters. The molecular formula is C13H15N3OS. The third-order valence-electron chi connectivity index (χ3n) is 2.62. The molecule has 94 valence electrons. The average Bonchev–Trinajstić information content (AvgIpc) is 2.92. The van der Waals surface area contributed by atoms with Crippen molar-refractivity contribution < 1.29 is 4.79 Å². The molecular weight excluding hydrogens is 246 g/mol.